The SMILES string of the molecule is CCC(N)Cc1cc(Br)ccc1N1CCc2ccccc21. The summed E-state index contributed by atoms with van der Waals surface area (Å²) in [6.07, 6.45) is 3.04. The molecule has 1 atom stereocenters. The molecule has 110 valence electrons. The van der Waals surface area contributed by atoms with Crippen molar-refractivity contribution < 1.29 is 0 Å². The molecular weight excluding hydrogens is 324 g/mol. The van der Waals surface area contributed by atoms with Gasteiger partial charge in [0.25, 0.3) is 0 Å². The first-order valence-electron chi connectivity index (χ1n) is 7.58. The maximum atomic E-state index is 6.18. The van der Waals surface area contributed by atoms with Crippen molar-refractivity contribution in [3.63, 3.8) is 0 Å². The van der Waals surface area contributed by atoms with Gasteiger partial charge in [0.05, 0.1) is 0 Å². The van der Waals surface area contributed by atoms with E-state index < -0.39 is 0 Å². The Labute approximate surface area is 135 Å². The molecule has 0 amide bonds. The Hall–Kier alpha value is -1.32. The fraction of sp³-hybridized carbons (Fsp3) is 0.333. The minimum absolute atomic E-state index is 0.218. The number of anilines is 2. The third-order valence-corrected chi connectivity index (χ3v) is 4.72. The number of fused-ring (bicyclic) bond motifs is 1. The highest BCUT2D eigenvalue weighted by molar-refractivity contribution is 9.10. The van der Waals surface area contributed by atoms with Gasteiger partial charge in [-0.1, -0.05) is 41.1 Å². The number of hydrogen-bond donors (Lipinski definition) is 1. The lowest BCUT2D eigenvalue weighted by atomic mass is 10.0. The quantitative estimate of drug-likeness (QED) is 0.889. The van der Waals surface area contributed by atoms with Crippen LogP contribution >= 0.6 is 15.9 Å². The van der Waals surface area contributed by atoms with E-state index in [1.807, 2.05) is 0 Å². The summed E-state index contributed by atoms with van der Waals surface area (Å²) in [6.45, 7) is 3.20. The molecule has 0 saturated carbocycles. The molecule has 2 nitrogen and oxygen atoms in total. The number of nitrogens with zero attached hydrogens (tertiary/aromatic N) is 1. The largest absolute Gasteiger partial charge is 0.341 e. The number of nitrogens with two attached hydrogens (primary N) is 1. The Kier molecular flexibility index (Phi) is 4.32. The van der Waals surface area contributed by atoms with E-state index >= 15 is 0 Å². The molecule has 0 bridgehead atoms. The van der Waals surface area contributed by atoms with Crippen molar-refractivity contribution in [3.05, 3.63) is 58.1 Å². The fourth-order valence-electron chi connectivity index (χ4n) is 3.00. The second-order valence-electron chi connectivity index (χ2n) is 5.68. The topological polar surface area (TPSA) is 29.3 Å². The average molecular weight is 345 g/mol. The summed E-state index contributed by atoms with van der Waals surface area (Å²) in [5, 5.41) is 0. The predicted molar refractivity (Wildman–Crippen MR) is 93.3 cm³/mol. The van der Waals surface area contributed by atoms with E-state index in [-0.39, 0.29) is 6.04 Å². The van der Waals surface area contributed by atoms with Gasteiger partial charge in [0.15, 0.2) is 0 Å². The van der Waals surface area contributed by atoms with Crippen LogP contribution in [0.15, 0.2) is 46.9 Å². The van der Waals surface area contributed by atoms with Crippen LogP contribution in [0, 0.1) is 0 Å². The van der Waals surface area contributed by atoms with Gasteiger partial charge in [-0.25, -0.2) is 0 Å². The molecule has 2 aromatic carbocycles. The molecule has 3 heteroatoms. The van der Waals surface area contributed by atoms with E-state index in [1.54, 1.807) is 0 Å². The minimum Gasteiger partial charge on any atom is -0.341 e. The zero-order valence-electron chi connectivity index (χ0n) is 12.3. The van der Waals surface area contributed by atoms with E-state index in [9.17, 15) is 0 Å². The summed E-state index contributed by atoms with van der Waals surface area (Å²) in [5.74, 6) is 0. The molecule has 0 fully saturated rings. The highest BCUT2D eigenvalue weighted by Gasteiger charge is 2.22. The summed E-state index contributed by atoms with van der Waals surface area (Å²) in [5.41, 5.74) is 11.6. The fourth-order valence-corrected chi connectivity index (χ4v) is 3.40. The van der Waals surface area contributed by atoms with Gasteiger partial charge in [0, 0.05) is 28.4 Å². The van der Waals surface area contributed by atoms with Crippen LogP contribution in [-0.2, 0) is 12.8 Å². The molecule has 2 aromatic rings. The summed E-state index contributed by atoms with van der Waals surface area (Å²) < 4.78 is 1.12. The molecule has 3 rings (SSSR count). The van der Waals surface area contributed by atoms with Gasteiger partial charge >= 0.3 is 0 Å². The maximum Gasteiger partial charge on any atom is 0.0444 e. The first-order chi connectivity index (χ1) is 10.2. The molecule has 0 aromatic heterocycles. The van der Waals surface area contributed by atoms with Crippen molar-refractivity contribution >= 4 is 27.3 Å². The number of rotatable bonds is 4. The van der Waals surface area contributed by atoms with E-state index in [4.69, 9.17) is 5.73 Å². The number of para-hydroxylation sites is 1. The number of benzene rings is 2. The lowest BCUT2D eigenvalue weighted by molar-refractivity contribution is 0.646. The van der Waals surface area contributed by atoms with E-state index in [1.165, 1.54) is 22.5 Å². The Morgan fingerprint density at radius 3 is 2.81 bits per heavy atom. The summed E-state index contributed by atoms with van der Waals surface area (Å²) in [6, 6.07) is 15.5. The summed E-state index contributed by atoms with van der Waals surface area (Å²) in [7, 11) is 0. The van der Waals surface area contributed by atoms with Crippen LogP contribution in [-0.4, -0.2) is 12.6 Å². The molecule has 1 heterocycles. The van der Waals surface area contributed by atoms with Crippen molar-refractivity contribution in [1.82, 2.24) is 0 Å². The van der Waals surface area contributed by atoms with Gasteiger partial charge in [-0.2, -0.15) is 0 Å². The first kappa shape index (κ1) is 14.6. The molecule has 0 radical (unpaired) electrons. The van der Waals surface area contributed by atoms with Crippen LogP contribution < -0.4 is 10.6 Å². The predicted octanol–water partition coefficient (Wildman–Crippen LogP) is 4.42. The summed E-state index contributed by atoms with van der Waals surface area (Å²) >= 11 is 3.59. The van der Waals surface area contributed by atoms with Gasteiger partial charge in [-0.3, -0.25) is 0 Å². The molecular formula is C18H21BrN2. The Balaban J connectivity index is 1.99. The average Bonchev–Trinajstić information content (AvgIpc) is 2.91. The van der Waals surface area contributed by atoms with Crippen LogP contribution in [0.1, 0.15) is 24.5 Å². The Bertz CT molecular complexity index is 639. The van der Waals surface area contributed by atoms with Gasteiger partial charge < -0.3 is 10.6 Å². The smallest absolute Gasteiger partial charge is 0.0444 e. The van der Waals surface area contributed by atoms with Gasteiger partial charge in [0.1, 0.15) is 0 Å². The standard InChI is InChI=1S/C18H21BrN2/c1-2-16(20)12-14-11-15(19)7-8-18(14)21-10-9-13-5-3-4-6-17(13)21/h3-8,11,16H,2,9-10,12,20H2,1H3. The lowest BCUT2D eigenvalue weighted by Crippen LogP contribution is -2.23. The summed E-state index contributed by atoms with van der Waals surface area (Å²) in [4.78, 5) is 2.43. The molecule has 0 aliphatic carbocycles. The van der Waals surface area contributed by atoms with Gasteiger partial charge in [-0.15, -0.1) is 0 Å². The van der Waals surface area contributed by atoms with E-state index in [0.717, 1.165) is 30.3 Å². The monoisotopic (exact) mass is 344 g/mol. The molecule has 0 saturated heterocycles. The molecule has 21 heavy (non-hydrogen) atoms. The minimum atomic E-state index is 0.218. The van der Waals surface area contributed by atoms with Crippen molar-refractivity contribution in [3.8, 4) is 0 Å². The van der Waals surface area contributed by atoms with Crippen molar-refractivity contribution in [2.45, 2.75) is 32.2 Å². The van der Waals surface area contributed by atoms with Crippen LogP contribution in [0.2, 0.25) is 0 Å². The van der Waals surface area contributed by atoms with Crippen LogP contribution in [0.3, 0.4) is 0 Å². The molecule has 1 aliphatic rings. The van der Waals surface area contributed by atoms with Crippen LogP contribution in [0.5, 0.6) is 0 Å². The normalized spacial score (nSPS) is 15.1. The molecule has 1 aliphatic heterocycles. The van der Waals surface area contributed by atoms with Crippen molar-refractivity contribution in [2.75, 3.05) is 11.4 Å². The second-order valence-corrected chi connectivity index (χ2v) is 6.59. The Morgan fingerprint density at radius 2 is 2.00 bits per heavy atom. The number of halogens is 1. The zero-order chi connectivity index (χ0) is 14.8. The van der Waals surface area contributed by atoms with E-state index in [0.29, 0.717) is 0 Å². The Morgan fingerprint density at radius 1 is 1.19 bits per heavy atom. The third kappa shape index (κ3) is 2.99. The van der Waals surface area contributed by atoms with E-state index in [2.05, 4.69) is 70.2 Å². The maximum absolute atomic E-state index is 6.18. The molecule has 0 spiro atoms. The second kappa shape index (κ2) is 6.20. The highest BCUT2D eigenvalue weighted by atomic mass is 79.9. The van der Waals surface area contributed by atoms with Crippen LogP contribution in [0.25, 0.3) is 0 Å². The van der Waals surface area contributed by atoms with Crippen LogP contribution in [0.4, 0.5) is 11.4 Å². The van der Waals surface area contributed by atoms with Gasteiger partial charge in [-0.05, 0) is 54.7 Å². The number of hydrogen-bond acceptors (Lipinski definition) is 2. The van der Waals surface area contributed by atoms with Crippen molar-refractivity contribution in [1.29, 1.82) is 0 Å². The third-order valence-electron chi connectivity index (χ3n) is 4.23. The lowest BCUT2D eigenvalue weighted by Gasteiger charge is -2.24. The molecule has 1 unspecified atom stereocenters. The zero-order valence-corrected chi connectivity index (χ0v) is 13.9. The van der Waals surface area contributed by atoms with Gasteiger partial charge in [0.2, 0.25) is 0 Å². The van der Waals surface area contributed by atoms with Crippen molar-refractivity contribution in [2.24, 2.45) is 5.73 Å². The first-order valence-corrected chi connectivity index (χ1v) is 8.37. The highest BCUT2D eigenvalue weighted by Crippen LogP contribution is 2.37. The molecule has 2 N–H and O–H groups in total.